The molecule has 0 saturated carbocycles. The van der Waals surface area contributed by atoms with Gasteiger partial charge in [-0.25, -0.2) is 9.18 Å². The van der Waals surface area contributed by atoms with Crippen LogP contribution >= 0.6 is 0 Å². The Kier molecular flexibility index (Phi) is 3.02. The number of halogens is 1. The Morgan fingerprint density at radius 1 is 1.64 bits per heavy atom. The summed E-state index contributed by atoms with van der Waals surface area (Å²) >= 11 is 0. The van der Waals surface area contributed by atoms with Gasteiger partial charge in [-0.3, -0.25) is 0 Å². The molecular formula is C9H6FNO3. The SMILES string of the molecule is N#Cc1cc(OCC(=O)O)ccc1F. The summed E-state index contributed by atoms with van der Waals surface area (Å²) in [6, 6.07) is 5.09. The summed E-state index contributed by atoms with van der Waals surface area (Å²) in [5, 5.41) is 16.8. The molecular weight excluding hydrogens is 189 g/mol. The lowest BCUT2D eigenvalue weighted by Crippen LogP contribution is -2.09. The molecule has 1 aromatic rings. The smallest absolute Gasteiger partial charge is 0.341 e. The van der Waals surface area contributed by atoms with Gasteiger partial charge in [-0.15, -0.1) is 0 Å². The molecule has 14 heavy (non-hydrogen) atoms. The minimum atomic E-state index is -1.13. The van der Waals surface area contributed by atoms with Gasteiger partial charge in [0.2, 0.25) is 0 Å². The maximum atomic E-state index is 12.8. The van der Waals surface area contributed by atoms with Gasteiger partial charge in [-0.1, -0.05) is 0 Å². The van der Waals surface area contributed by atoms with Crippen molar-refractivity contribution in [2.45, 2.75) is 0 Å². The monoisotopic (exact) mass is 195 g/mol. The molecule has 0 saturated heterocycles. The Morgan fingerprint density at radius 3 is 2.93 bits per heavy atom. The van der Waals surface area contributed by atoms with Crippen LogP contribution < -0.4 is 4.74 Å². The van der Waals surface area contributed by atoms with Gasteiger partial charge < -0.3 is 9.84 Å². The van der Waals surface area contributed by atoms with Crippen molar-refractivity contribution in [3.05, 3.63) is 29.6 Å². The number of carbonyl (C=O) groups is 1. The van der Waals surface area contributed by atoms with E-state index >= 15 is 0 Å². The summed E-state index contributed by atoms with van der Waals surface area (Å²) in [7, 11) is 0. The maximum Gasteiger partial charge on any atom is 0.341 e. The van der Waals surface area contributed by atoms with E-state index in [1.54, 1.807) is 6.07 Å². The number of carboxylic acid groups (broad SMARTS) is 1. The van der Waals surface area contributed by atoms with E-state index in [0.29, 0.717) is 0 Å². The summed E-state index contributed by atoms with van der Waals surface area (Å²) in [5.74, 6) is -1.63. The highest BCUT2D eigenvalue weighted by Gasteiger charge is 2.04. The van der Waals surface area contributed by atoms with Crippen LogP contribution in [0.5, 0.6) is 5.75 Å². The first-order valence-electron chi connectivity index (χ1n) is 3.67. The van der Waals surface area contributed by atoms with E-state index in [-0.39, 0.29) is 11.3 Å². The second kappa shape index (κ2) is 4.23. The van der Waals surface area contributed by atoms with Crippen molar-refractivity contribution in [1.29, 1.82) is 5.26 Å². The molecule has 0 radical (unpaired) electrons. The molecule has 4 nitrogen and oxygen atoms in total. The van der Waals surface area contributed by atoms with E-state index in [2.05, 4.69) is 0 Å². The molecule has 0 bridgehead atoms. The fourth-order valence-corrected chi connectivity index (χ4v) is 0.825. The summed E-state index contributed by atoms with van der Waals surface area (Å²) in [4.78, 5) is 10.1. The normalized spacial score (nSPS) is 9.14. The fourth-order valence-electron chi connectivity index (χ4n) is 0.825. The van der Waals surface area contributed by atoms with Crippen molar-refractivity contribution < 1.29 is 19.0 Å². The Morgan fingerprint density at radius 2 is 2.36 bits per heavy atom. The van der Waals surface area contributed by atoms with Gasteiger partial charge in [0.1, 0.15) is 17.6 Å². The quantitative estimate of drug-likeness (QED) is 0.785. The van der Waals surface area contributed by atoms with Crippen molar-refractivity contribution in [3.63, 3.8) is 0 Å². The zero-order valence-corrected chi connectivity index (χ0v) is 7.03. The summed E-state index contributed by atoms with van der Waals surface area (Å²) in [6.45, 7) is -0.517. The van der Waals surface area contributed by atoms with Crippen LogP contribution in [0, 0.1) is 17.1 Å². The molecule has 0 atom stereocenters. The molecule has 0 aliphatic heterocycles. The van der Waals surface area contributed by atoms with E-state index in [1.165, 1.54) is 6.07 Å². The molecule has 0 spiro atoms. The van der Waals surface area contributed by atoms with Crippen molar-refractivity contribution >= 4 is 5.97 Å². The summed E-state index contributed by atoms with van der Waals surface area (Å²) < 4.78 is 17.5. The number of ether oxygens (including phenoxy) is 1. The van der Waals surface area contributed by atoms with E-state index < -0.39 is 18.4 Å². The molecule has 0 aromatic heterocycles. The largest absolute Gasteiger partial charge is 0.482 e. The molecule has 0 unspecified atom stereocenters. The summed E-state index contributed by atoms with van der Waals surface area (Å²) in [6.07, 6.45) is 0. The van der Waals surface area contributed by atoms with Crippen LogP contribution in [0.25, 0.3) is 0 Å². The van der Waals surface area contributed by atoms with Crippen LogP contribution in [0.2, 0.25) is 0 Å². The summed E-state index contributed by atoms with van der Waals surface area (Å²) in [5.41, 5.74) is -0.173. The van der Waals surface area contributed by atoms with E-state index in [4.69, 9.17) is 15.1 Å². The minimum absolute atomic E-state index is 0.158. The van der Waals surface area contributed by atoms with E-state index in [0.717, 1.165) is 12.1 Å². The van der Waals surface area contributed by atoms with Crippen LogP contribution in [-0.2, 0) is 4.79 Å². The molecule has 0 fully saturated rings. The van der Waals surface area contributed by atoms with Gasteiger partial charge >= 0.3 is 5.97 Å². The lowest BCUT2D eigenvalue weighted by Gasteiger charge is -2.02. The molecule has 1 N–H and O–H groups in total. The lowest BCUT2D eigenvalue weighted by atomic mass is 10.2. The standard InChI is InChI=1S/C9H6FNO3/c10-8-2-1-7(3-6(8)4-11)14-5-9(12)13/h1-3H,5H2,(H,12,13). The van der Waals surface area contributed by atoms with Gasteiger partial charge in [-0.2, -0.15) is 5.26 Å². The second-order valence-corrected chi connectivity index (χ2v) is 2.44. The van der Waals surface area contributed by atoms with Gasteiger partial charge in [0.15, 0.2) is 6.61 Å². The first-order chi connectivity index (χ1) is 6.63. The molecule has 0 heterocycles. The second-order valence-electron chi connectivity index (χ2n) is 2.44. The average molecular weight is 195 g/mol. The van der Waals surface area contributed by atoms with Crippen molar-refractivity contribution in [2.75, 3.05) is 6.61 Å². The lowest BCUT2D eigenvalue weighted by molar-refractivity contribution is -0.139. The highest BCUT2D eigenvalue weighted by atomic mass is 19.1. The van der Waals surface area contributed by atoms with Crippen LogP contribution in [0.3, 0.4) is 0 Å². The average Bonchev–Trinajstić information content (AvgIpc) is 2.16. The van der Waals surface area contributed by atoms with E-state index in [1.807, 2.05) is 0 Å². The van der Waals surface area contributed by atoms with Crippen LogP contribution in [0.15, 0.2) is 18.2 Å². The number of nitrogens with zero attached hydrogens (tertiary/aromatic N) is 1. The van der Waals surface area contributed by atoms with Crippen LogP contribution in [-0.4, -0.2) is 17.7 Å². The van der Waals surface area contributed by atoms with Crippen molar-refractivity contribution in [3.8, 4) is 11.8 Å². The minimum Gasteiger partial charge on any atom is -0.482 e. The van der Waals surface area contributed by atoms with Gasteiger partial charge in [0.05, 0.1) is 5.56 Å². The van der Waals surface area contributed by atoms with Gasteiger partial charge in [-0.05, 0) is 12.1 Å². The van der Waals surface area contributed by atoms with Gasteiger partial charge in [0.25, 0.3) is 0 Å². The first kappa shape index (κ1) is 9.99. The number of hydrogen-bond donors (Lipinski definition) is 1. The number of nitriles is 1. The zero-order valence-electron chi connectivity index (χ0n) is 7.03. The number of hydrogen-bond acceptors (Lipinski definition) is 3. The zero-order chi connectivity index (χ0) is 10.6. The number of carboxylic acids is 1. The van der Waals surface area contributed by atoms with Crippen molar-refractivity contribution in [1.82, 2.24) is 0 Å². The Hall–Kier alpha value is -2.09. The molecule has 72 valence electrons. The van der Waals surface area contributed by atoms with Crippen LogP contribution in [0.4, 0.5) is 4.39 Å². The fraction of sp³-hybridized carbons (Fsp3) is 0.111. The molecule has 5 heteroatoms. The molecule has 0 aliphatic carbocycles. The molecule has 1 rings (SSSR count). The molecule has 0 aliphatic rings. The number of aliphatic carboxylic acids is 1. The third-order valence-electron chi connectivity index (χ3n) is 1.42. The third-order valence-corrected chi connectivity index (χ3v) is 1.42. The highest BCUT2D eigenvalue weighted by molar-refractivity contribution is 5.68. The predicted octanol–water partition coefficient (Wildman–Crippen LogP) is 1.16. The Balaban J connectivity index is 2.80. The third kappa shape index (κ3) is 2.45. The number of benzene rings is 1. The maximum absolute atomic E-state index is 12.8. The first-order valence-corrected chi connectivity index (χ1v) is 3.67. The van der Waals surface area contributed by atoms with Crippen molar-refractivity contribution in [2.24, 2.45) is 0 Å². The topological polar surface area (TPSA) is 70.3 Å². The highest BCUT2D eigenvalue weighted by Crippen LogP contribution is 2.15. The predicted molar refractivity (Wildman–Crippen MR) is 44.2 cm³/mol. The van der Waals surface area contributed by atoms with Gasteiger partial charge in [0, 0.05) is 6.07 Å². The van der Waals surface area contributed by atoms with E-state index in [9.17, 15) is 9.18 Å². The Labute approximate surface area is 79.2 Å². The number of rotatable bonds is 3. The van der Waals surface area contributed by atoms with Crippen LogP contribution in [0.1, 0.15) is 5.56 Å². The molecule has 0 amide bonds. The molecule has 1 aromatic carbocycles. The Bertz CT molecular complexity index is 398.